The number of fused-ring (bicyclic) bond motifs is 1. The minimum Gasteiger partial charge on any atom is -0.369 e. The second-order valence-electron chi connectivity index (χ2n) is 6.39. The van der Waals surface area contributed by atoms with E-state index in [4.69, 9.17) is 22.3 Å². The van der Waals surface area contributed by atoms with Crippen molar-refractivity contribution in [2.24, 2.45) is 5.73 Å². The van der Waals surface area contributed by atoms with Crippen LogP contribution in [-0.2, 0) is 0 Å². The van der Waals surface area contributed by atoms with Crippen LogP contribution in [0.5, 0.6) is 0 Å². The molecule has 2 heterocycles. The summed E-state index contributed by atoms with van der Waals surface area (Å²) in [7, 11) is 0. The highest BCUT2D eigenvalue weighted by atomic mass is 35.5. The Hall–Kier alpha value is -1.08. The number of hydrogen-bond donors (Lipinski definition) is 1. The summed E-state index contributed by atoms with van der Waals surface area (Å²) in [5.74, 6) is 0. The number of aromatic nitrogens is 1. The predicted molar refractivity (Wildman–Crippen MR) is 121 cm³/mol. The molecule has 0 saturated carbocycles. The van der Waals surface area contributed by atoms with Gasteiger partial charge in [0.2, 0.25) is 0 Å². The fourth-order valence-corrected chi connectivity index (χ4v) is 4.33. The van der Waals surface area contributed by atoms with Gasteiger partial charge < -0.3 is 10.6 Å². The van der Waals surface area contributed by atoms with Crippen LogP contribution in [0.25, 0.3) is 10.2 Å². The van der Waals surface area contributed by atoms with Gasteiger partial charge in [-0.15, -0.1) is 36.2 Å². The summed E-state index contributed by atoms with van der Waals surface area (Å²) >= 11 is 7.68. The molecule has 1 aliphatic rings. The van der Waals surface area contributed by atoms with Crippen LogP contribution >= 0.6 is 47.8 Å². The molecule has 1 fully saturated rings. The minimum atomic E-state index is -0.0283. The molecule has 0 aliphatic carbocycles. The number of rotatable bonds is 4. The first-order valence-corrected chi connectivity index (χ1v) is 9.72. The van der Waals surface area contributed by atoms with Crippen molar-refractivity contribution in [2.45, 2.75) is 6.04 Å². The van der Waals surface area contributed by atoms with Gasteiger partial charge in [0.05, 0.1) is 16.3 Å². The van der Waals surface area contributed by atoms with E-state index in [9.17, 15) is 0 Å². The first kappa shape index (κ1) is 22.2. The Balaban J connectivity index is 0.00000131. The molecule has 1 aliphatic heterocycles. The second-order valence-corrected chi connectivity index (χ2v) is 7.89. The number of piperazine rings is 1. The smallest absolute Gasteiger partial charge is 0.112 e. The van der Waals surface area contributed by atoms with Crippen molar-refractivity contribution < 1.29 is 0 Å². The van der Waals surface area contributed by atoms with Gasteiger partial charge in [0.25, 0.3) is 0 Å². The van der Waals surface area contributed by atoms with Crippen molar-refractivity contribution in [1.29, 1.82) is 0 Å². The van der Waals surface area contributed by atoms with E-state index in [1.807, 2.05) is 30.3 Å². The Morgan fingerprint density at radius 2 is 1.67 bits per heavy atom. The molecule has 0 amide bonds. The molecule has 0 radical (unpaired) electrons. The number of nitrogens with two attached hydrogens (primary N) is 1. The largest absolute Gasteiger partial charge is 0.369 e. The third kappa shape index (κ3) is 5.25. The average Bonchev–Trinajstić information content (AvgIpc) is 3.07. The van der Waals surface area contributed by atoms with Gasteiger partial charge >= 0.3 is 0 Å². The first-order chi connectivity index (χ1) is 12.2. The van der Waals surface area contributed by atoms with Crippen molar-refractivity contribution in [2.75, 3.05) is 37.6 Å². The molecule has 27 heavy (non-hydrogen) atoms. The molecule has 0 bridgehead atoms. The number of para-hydroxylation sites is 1. The van der Waals surface area contributed by atoms with Crippen LogP contribution < -0.4 is 10.6 Å². The topological polar surface area (TPSA) is 45.4 Å². The highest BCUT2D eigenvalue weighted by Gasteiger charge is 2.21. The molecule has 1 atom stereocenters. The van der Waals surface area contributed by atoms with E-state index in [-0.39, 0.29) is 30.9 Å². The number of thiazole rings is 1. The number of anilines is 1. The Labute approximate surface area is 181 Å². The molecule has 4 rings (SSSR count). The van der Waals surface area contributed by atoms with E-state index in [0.717, 1.165) is 48.3 Å². The van der Waals surface area contributed by atoms with Crippen LogP contribution in [0.1, 0.15) is 11.0 Å². The summed E-state index contributed by atoms with van der Waals surface area (Å²) in [5.41, 5.74) is 8.71. The summed E-state index contributed by atoms with van der Waals surface area (Å²) in [5, 5.41) is 1.81. The van der Waals surface area contributed by atoms with Crippen molar-refractivity contribution in [3.05, 3.63) is 58.6 Å². The van der Waals surface area contributed by atoms with E-state index in [0.29, 0.717) is 0 Å². The van der Waals surface area contributed by atoms with Gasteiger partial charge in [0, 0.05) is 43.4 Å². The fourth-order valence-electron chi connectivity index (χ4n) is 3.25. The zero-order valence-corrected chi connectivity index (χ0v) is 18.0. The van der Waals surface area contributed by atoms with E-state index >= 15 is 0 Å². The monoisotopic (exact) mass is 444 g/mol. The molecule has 8 heteroatoms. The lowest BCUT2D eigenvalue weighted by Gasteiger charge is -2.36. The normalized spacial score (nSPS) is 15.9. The van der Waals surface area contributed by atoms with E-state index in [1.165, 1.54) is 10.4 Å². The summed E-state index contributed by atoms with van der Waals surface area (Å²) in [6.45, 7) is 4.90. The molecular formula is C19H23Cl3N4S. The fraction of sp³-hybridized carbons (Fsp3) is 0.316. The van der Waals surface area contributed by atoms with E-state index in [1.54, 1.807) is 11.3 Å². The highest BCUT2D eigenvalue weighted by molar-refractivity contribution is 7.18. The van der Waals surface area contributed by atoms with Crippen molar-refractivity contribution in [3.8, 4) is 0 Å². The summed E-state index contributed by atoms with van der Waals surface area (Å²) in [6, 6.07) is 16.3. The Morgan fingerprint density at radius 1 is 1.00 bits per heavy atom. The summed E-state index contributed by atoms with van der Waals surface area (Å²) in [6.07, 6.45) is 0. The molecule has 146 valence electrons. The van der Waals surface area contributed by atoms with Gasteiger partial charge in [-0.2, -0.15) is 0 Å². The number of nitrogens with zero attached hydrogens (tertiary/aromatic N) is 3. The van der Waals surface area contributed by atoms with Gasteiger partial charge in [-0.1, -0.05) is 23.7 Å². The van der Waals surface area contributed by atoms with Crippen LogP contribution in [0, 0.1) is 0 Å². The molecule has 2 N–H and O–H groups in total. The van der Waals surface area contributed by atoms with Crippen molar-refractivity contribution in [1.82, 2.24) is 9.88 Å². The van der Waals surface area contributed by atoms with Gasteiger partial charge in [-0.25, -0.2) is 4.98 Å². The molecule has 0 spiro atoms. The number of halogens is 3. The second kappa shape index (κ2) is 9.92. The predicted octanol–water partition coefficient (Wildman–Crippen LogP) is 4.62. The SMILES string of the molecule is Cl.Cl.NC(CN1CCN(c2ccc(Cl)cc2)CC1)c1nc2ccccc2s1. The van der Waals surface area contributed by atoms with E-state index < -0.39 is 0 Å². The van der Waals surface area contributed by atoms with Crippen LogP contribution in [0.4, 0.5) is 5.69 Å². The van der Waals surface area contributed by atoms with Crippen molar-refractivity contribution >= 4 is 63.7 Å². The Morgan fingerprint density at radius 3 is 2.33 bits per heavy atom. The molecule has 1 saturated heterocycles. The summed E-state index contributed by atoms with van der Waals surface area (Å²) < 4.78 is 1.21. The zero-order chi connectivity index (χ0) is 17.2. The third-order valence-electron chi connectivity index (χ3n) is 4.65. The average molecular weight is 446 g/mol. The molecule has 3 aromatic rings. The molecule has 1 aromatic heterocycles. The zero-order valence-electron chi connectivity index (χ0n) is 14.8. The maximum absolute atomic E-state index is 6.43. The molecule has 1 unspecified atom stereocenters. The van der Waals surface area contributed by atoms with E-state index in [2.05, 4.69) is 28.0 Å². The lowest BCUT2D eigenvalue weighted by Crippen LogP contribution is -2.48. The lowest BCUT2D eigenvalue weighted by molar-refractivity contribution is 0.243. The van der Waals surface area contributed by atoms with Gasteiger partial charge in [-0.05, 0) is 36.4 Å². The summed E-state index contributed by atoms with van der Waals surface area (Å²) in [4.78, 5) is 9.53. The first-order valence-electron chi connectivity index (χ1n) is 8.53. The molecular weight excluding hydrogens is 423 g/mol. The van der Waals surface area contributed by atoms with Crippen LogP contribution in [0.3, 0.4) is 0 Å². The lowest BCUT2D eigenvalue weighted by atomic mass is 10.2. The van der Waals surface area contributed by atoms with Crippen molar-refractivity contribution in [3.63, 3.8) is 0 Å². The van der Waals surface area contributed by atoms with Gasteiger partial charge in [-0.3, -0.25) is 4.90 Å². The third-order valence-corrected chi connectivity index (χ3v) is 6.07. The minimum absolute atomic E-state index is 0. The Kier molecular flexibility index (Phi) is 8.16. The molecule has 4 nitrogen and oxygen atoms in total. The van der Waals surface area contributed by atoms with Crippen LogP contribution in [0.2, 0.25) is 5.02 Å². The number of benzene rings is 2. The number of hydrogen-bond acceptors (Lipinski definition) is 5. The molecule has 2 aromatic carbocycles. The van der Waals surface area contributed by atoms with Crippen LogP contribution in [-0.4, -0.2) is 42.6 Å². The maximum atomic E-state index is 6.43. The maximum Gasteiger partial charge on any atom is 0.112 e. The highest BCUT2D eigenvalue weighted by Crippen LogP contribution is 2.26. The Bertz CT molecular complexity index is 815. The van der Waals surface area contributed by atoms with Gasteiger partial charge in [0.15, 0.2) is 0 Å². The van der Waals surface area contributed by atoms with Crippen LogP contribution in [0.15, 0.2) is 48.5 Å². The van der Waals surface area contributed by atoms with Gasteiger partial charge in [0.1, 0.15) is 5.01 Å². The quantitative estimate of drug-likeness (QED) is 0.636. The standard InChI is InChI=1S/C19H21ClN4S.2ClH/c20-14-5-7-15(8-6-14)24-11-9-23(10-12-24)13-16(21)19-22-17-3-1-2-4-18(17)25-19;;/h1-8,16H,9-13,21H2;2*1H.